The van der Waals surface area contributed by atoms with Crippen molar-refractivity contribution in [3.8, 4) is 0 Å². The highest BCUT2D eigenvalue weighted by molar-refractivity contribution is 5.71. The quantitative estimate of drug-likeness (QED) is 0.0385. The molecular formula is C40H76O6. The van der Waals surface area contributed by atoms with Crippen LogP contribution in [0.4, 0.5) is 0 Å². The van der Waals surface area contributed by atoms with Gasteiger partial charge in [0.05, 0.1) is 0 Å². The Bertz CT molecular complexity index is 693. The van der Waals surface area contributed by atoms with Crippen molar-refractivity contribution in [2.75, 3.05) is 13.2 Å². The lowest BCUT2D eigenvalue weighted by atomic mass is 10.00. The van der Waals surface area contributed by atoms with E-state index < -0.39 is 6.10 Å². The number of esters is 3. The van der Waals surface area contributed by atoms with Gasteiger partial charge in [-0.05, 0) is 25.2 Å². The maximum absolute atomic E-state index is 12.6. The van der Waals surface area contributed by atoms with E-state index in [0.717, 1.165) is 63.7 Å². The Balaban J connectivity index is 4.34. The third-order valence-electron chi connectivity index (χ3n) is 9.15. The van der Waals surface area contributed by atoms with Crippen molar-refractivity contribution in [2.24, 2.45) is 5.92 Å². The van der Waals surface area contributed by atoms with Crippen molar-refractivity contribution in [1.82, 2.24) is 0 Å². The van der Waals surface area contributed by atoms with Crippen LogP contribution in [0.5, 0.6) is 0 Å². The molecule has 0 saturated heterocycles. The molecule has 0 aromatic heterocycles. The first-order valence-electron chi connectivity index (χ1n) is 19.9. The van der Waals surface area contributed by atoms with Gasteiger partial charge in [0, 0.05) is 19.3 Å². The average Bonchev–Trinajstić information content (AvgIpc) is 3.05. The molecule has 6 nitrogen and oxygen atoms in total. The van der Waals surface area contributed by atoms with Crippen molar-refractivity contribution < 1.29 is 28.6 Å². The zero-order valence-electron chi connectivity index (χ0n) is 31.0. The van der Waals surface area contributed by atoms with Crippen LogP contribution in [0, 0.1) is 5.92 Å². The van der Waals surface area contributed by atoms with Crippen molar-refractivity contribution in [3.63, 3.8) is 0 Å². The molecule has 272 valence electrons. The highest BCUT2D eigenvalue weighted by Gasteiger charge is 2.19. The van der Waals surface area contributed by atoms with E-state index in [1.165, 1.54) is 109 Å². The standard InChI is InChI=1S/C40H76O6/c1-5-8-10-12-14-15-16-17-19-24-28-32-39(42)45-35-37(34-44-38(41)31-27-23-18-13-11-9-6-2)46-40(43)33-29-25-21-20-22-26-30-36(4)7-3/h36-37H,5-35H2,1-4H3/t36?,37-/m0/s1. The molecule has 0 aliphatic rings. The normalized spacial score (nSPS) is 12.5. The van der Waals surface area contributed by atoms with Crippen LogP contribution >= 0.6 is 0 Å². The van der Waals surface area contributed by atoms with Crippen LogP contribution in [0.25, 0.3) is 0 Å². The van der Waals surface area contributed by atoms with E-state index in [2.05, 4.69) is 27.7 Å². The Labute approximate surface area is 285 Å². The topological polar surface area (TPSA) is 78.9 Å². The molecule has 0 saturated carbocycles. The maximum atomic E-state index is 12.6. The van der Waals surface area contributed by atoms with Gasteiger partial charge in [-0.2, -0.15) is 0 Å². The summed E-state index contributed by atoms with van der Waals surface area (Å²) in [5, 5.41) is 0. The molecule has 46 heavy (non-hydrogen) atoms. The molecule has 0 bridgehead atoms. The second-order valence-electron chi connectivity index (χ2n) is 13.8. The summed E-state index contributed by atoms with van der Waals surface area (Å²) >= 11 is 0. The molecule has 0 amide bonds. The van der Waals surface area contributed by atoms with Crippen molar-refractivity contribution in [1.29, 1.82) is 0 Å². The predicted molar refractivity (Wildman–Crippen MR) is 192 cm³/mol. The highest BCUT2D eigenvalue weighted by Crippen LogP contribution is 2.16. The summed E-state index contributed by atoms with van der Waals surface area (Å²) in [7, 11) is 0. The fraction of sp³-hybridized carbons (Fsp3) is 0.925. The van der Waals surface area contributed by atoms with Gasteiger partial charge in [0.25, 0.3) is 0 Å². The third-order valence-corrected chi connectivity index (χ3v) is 9.15. The van der Waals surface area contributed by atoms with Crippen LogP contribution < -0.4 is 0 Å². The molecule has 0 fully saturated rings. The lowest BCUT2D eigenvalue weighted by Gasteiger charge is -2.18. The molecule has 1 unspecified atom stereocenters. The zero-order chi connectivity index (χ0) is 33.9. The van der Waals surface area contributed by atoms with E-state index in [1.807, 2.05) is 0 Å². The second kappa shape index (κ2) is 34.7. The largest absolute Gasteiger partial charge is 0.462 e. The minimum atomic E-state index is -0.757. The van der Waals surface area contributed by atoms with Crippen molar-refractivity contribution in [2.45, 2.75) is 220 Å². The molecule has 0 N–H and O–H groups in total. The number of ether oxygens (including phenoxy) is 3. The molecule has 0 heterocycles. The van der Waals surface area contributed by atoms with Gasteiger partial charge >= 0.3 is 17.9 Å². The van der Waals surface area contributed by atoms with E-state index >= 15 is 0 Å². The summed E-state index contributed by atoms with van der Waals surface area (Å²) in [6.07, 6.45) is 31.0. The fourth-order valence-corrected chi connectivity index (χ4v) is 5.71. The molecule has 0 radical (unpaired) electrons. The minimum Gasteiger partial charge on any atom is -0.462 e. The summed E-state index contributed by atoms with van der Waals surface area (Å²) in [5.74, 6) is -0.0626. The zero-order valence-corrected chi connectivity index (χ0v) is 31.0. The second-order valence-corrected chi connectivity index (χ2v) is 13.8. The van der Waals surface area contributed by atoms with Gasteiger partial charge in [-0.3, -0.25) is 14.4 Å². The summed E-state index contributed by atoms with van der Waals surface area (Å²) in [5.41, 5.74) is 0. The number of hydrogen-bond acceptors (Lipinski definition) is 6. The van der Waals surface area contributed by atoms with Crippen molar-refractivity contribution in [3.05, 3.63) is 0 Å². The number of rotatable bonds is 35. The first kappa shape index (κ1) is 44.4. The van der Waals surface area contributed by atoms with Gasteiger partial charge < -0.3 is 14.2 Å². The van der Waals surface area contributed by atoms with Gasteiger partial charge in [0.15, 0.2) is 6.10 Å². The van der Waals surface area contributed by atoms with Crippen LogP contribution in [0.15, 0.2) is 0 Å². The maximum Gasteiger partial charge on any atom is 0.306 e. The Morgan fingerprint density at radius 1 is 0.435 bits per heavy atom. The SMILES string of the molecule is CCCCCCCCCCCCCC(=O)OC[C@H](COC(=O)CCCCCCCCC)OC(=O)CCCCCCCCC(C)CC. The molecule has 0 spiro atoms. The van der Waals surface area contributed by atoms with Crippen LogP contribution in [0.2, 0.25) is 0 Å². The molecule has 0 rings (SSSR count). The van der Waals surface area contributed by atoms with Gasteiger partial charge in [-0.1, -0.05) is 175 Å². The van der Waals surface area contributed by atoms with Gasteiger partial charge in [0.1, 0.15) is 13.2 Å². The summed E-state index contributed by atoms with van der Waals surface area (Å²) in [6, 6.07) is 0. The first-order valence-corrected chi connectivity index (χ1v) is 19.9. The number of unbranched alkanes of at least 4 members (excludes halogenated alkanes) is 21. The average molecular weight is 653 g/mol. The Morgan fingerprint density at radius 2 is 0.761 bits per heavy atom. The van der Waals surface area contributed by atoms with Crippen LogP contribution in [0.3, 0.4) is 0 Å². The van der Waals surface area contributed by atoms with Gasteiger partial charge in [0.2, 0.25) is 0 Å². The monoisotopic (exact) mass is 653 g/mol. The number of carbonyl (C=O) groups excluding carboxylic acids is 3. The summed E-state index contributed by atoms with van der Waals surface area (Å²) in [4.78, 5) is 37.3. The Kier molecular flexibility index (Phi) is 33.5. The van der Waals surface area contributed by atoms with E-state index in [0.29, 0.717) is 19.3 Å². The summed E-state index contributed by atoms with van der Waals surface area (Å²) in [6.45, 7) is 8.89. The fourth-order valence-electron chi connectivity index (χ4n) is 5.71. The molecular weight excluding hydrogens is 576 g/mol. The van der Waals surface area contributed by atoms with Gasteiger partial charge in [-0.25, -0.2) is 0 Å². The van der Waals surface area contributed by atoms with Crippen molar-refractivity contribution >= 4 is 17.9 Å². The first-order chi connectivity index (χ1) is 22.4. The minimum absolute atomic E-state index is 0.0660. The van der Waals surface area contributed by atoms with Crippen LogP contribution in [-0.2, 0) is 28.6 Å². The Hall–Kier alpha value is -1.59. The van der Waals surface area contributed by atoms with E-state index in [1.54, 1.807) is 0 Å². The molecule has 0 aliphatic heterocycles. The predicted octanol–water partition coefficient (Wildman–Crippen LogP) is 12.0. The number of carbonyl (C=O) groups is 3. The van der Waals surface area contributed by atoms with Gasteiger partial charge in [-0.15, -0.1) is 0 Å². The Morgan fingerprint density at radius 3 is 1.13 bits per heavy atom. The lowest BCUT2D eigenvalue weighted by molar-refractivity contribution is -0.167. The van der Waals surface area contributed by atoms with E-state index in [9.17, 15) is 14.4 Å². The van der Waals surface area contributed by atoms with E-state index in [-0.39, 0.29) is 31.1 Å². The lowest BCUT2D eigenvalue weighted by Crippen LogP contribution is -2.30. The highest BCUT2D eigenvalue weighted by atomic mass is 16.6. The molecule has 6 heteroatoms. The molecule has 0 aliphatic carbocycles. The van der Waals surface area contributed by atoms with Crippen LogP contribution in [0.1, 0.15) is 214 Å². The molecule has 0 aromatic rings. The molecule has 2 atom stereocenters. The van der Waals surface area contributed by atoms with E-state index in [4.69, 9.17) is 14.2 Å². The number of hydrogen-bond donors (Lipinski definition) is 0. The summed E-state index contributed by atoms with van der Waals surface area (Å²) < 4.78 is 16.6. The molecule has 0 aromatic carbocycles. The van der Waals surface area contributed by atoms with Crippen LogP contribution in [-0.4, -0.2) is 37.2 Å². The third kappa shape index (κ3) is 32.4. The smallest absolute Gasteiger partial charge is 0.306 e.